The number of likely N-dealkylation sites (tertiary alicyclic amines) is 1. The predicted octanol–water partition coefficient (Wildman–Crippen LogP) is 5.90. The van der Waals surface area contributed by atoms with E-state index in [4.69, 9.17) is 4.74 Å². The van der Waals surface area contributed by atoms with Crippen LogP contribution in [-0.2, 0) is 29.2 Å². The fourth-order valence-electron chi connectivity index (χ4n) is 8.72. The summed E-state index contributed by atoms with van der Waals surface area (Å²) in [5.74, 6) is 0.0567. The first-order chi connectivity index (χ1) is 22.1. The van der Waals surface area contributed by atoms with E-state index in [1.165, 1.54) is 24.3 Å². The number of amides is 1. The molecule has 2 fully saturated rings. The average Bonchev–Trinajstić information content (AvgIpc) is 3.40. The van der Waals surface area contributed by atoms with Crippen LogP contribution in [0.15, 0.2) is 85.5 Å². The minimum atomic E-state index is -4.49. The van der Waals surface area contributed by atoms with Gasteiger partial charge < -0.3 is 19.8 Å². The summed E-state index contributed by atoms with van der Waals surface area (Å²) in [4.78, 5) is 18.2. The van der Waals surface area contributed by atoms with E-state index in [0.717, 1.165) is 28.8 Å². The number of phenols is 1. The van der Waals surface area contributed by atoms with Crippen LogP contribution in [0.1, 0.15) is 47.1 Å². The summed E-state index contributed by atoms with van der Waals surface area (Å²) in [5.41, 5.74) is 0.431. The number of ether oxygens (including phenoxy) is 1. The molecule has 1 amide bonds. The molecule has 2 aliphatic heterocycles. The first-order valence-corrected chi connectivity index (χ1v) is 15.9. The Morgan fingerprint density at radius 2 is 1.91 bits per heavy atom. The molecule has 2 aliphatic carbocycles. The van der Waals surface area contributed by atoms with Crippen molar-refractivity contribution in [2.24, 2.45) is 0 Å². The van der Waals surface area contributed by atoms with Crippen molar-refractivity contribution in [3.8, 4) is 11.5 Å². The van der Waals surface area contributed by atoms with Crippen molar-refractivity contribution in [3.63, 3.8) is 0 Å². The lowest BCUT2D eigenvalue weighted by Crippen LogP contribution is -2.78. The molecule has 1 saturated carbocycles. The SMILES string of the molecule is C=CCN1CC[C@]23c4c5ccc(O)c4OC2C(N(CCc2ccccc2)C(=O)/C=C/c2cccc(C(F)(F)F)c2)CC[C@@]3(O)[C@H]1C5. The largest absolute Gasteiger partial charge is 0.504 e. The zero-order valence-corrected chi connectivity index (χ0v) is 25.4. The zero-order chi connectivity index (χ0) is 32.3. The number of alkyl halides is 3. The Kier molecular flexibility index (Phi) is 7.52. The summed E-state index contributed by atoms with van der Waals surface area (Å²) >= 11 is 0. The van der Waals surface area contributed by atoms with Gasteiger partial charge in [0.15, 0.2) is 11.5 Å². The second kappa shape index (κ2) is 11.3. The van der Waals surface area contributed by atoms with E-state index < -0.39 is 34.9 Å². The third kappa shape index (κ3) is 4.74. The molecule has 2 N–H and O–H groups in total. The van der Waals surface area contributed by atoms with E-state index in [-0.39, 0.29) is 23.3 Å². The molecule has 0 radical (unpaired) electrons. The number of benzene rings is 3. The molecule has 4 aliphatic rings. The molecule has 2 bridgehead atoms. The van der Waals surface area contributed by atoms with Crippen LogP contribution in [0.25, 0.3) is 6.08 Å². The van der Waals surface area contributed by atoms with Crippen LogP contribution >= 0.6 is 0 Å². The van der Waals surface area contributed by atoms with Crippen LogP contribution in [0, 0.1) is 0 Å². The van der Waals surface area contributed by atoms with Crippen molar-refractivity contribution in [2.45, 2.75) is 67.5 Å². The normalized spacial score (nSPS) is 28.0. The van der Waals surface area contributed by atoms with Crippen molar-refractivity contribution in [1.29, 1.82) is 0 Å². The van der Waals surface area contributed by atoms with Gasteiger partial charge in [0.2, 0.25) is 5.91 Å². The molecule has 1 saturated heterocycles. The Hall–Kier alpha value is -4.08. The number of carbonyl (C=O) groups is 1. The summed E-state index contributed by atoms with van der Waals surface area (Å²) in [5, 5.41) is 23.7. The number of aliphatic hydroxyl groups is 1. The fourth-order valence-corrected chi connectivity index (χ4v) is 8.72. The maximum absolute atomic E-state index is 14.1. The molecule has 46 heavy (non-hydrogen) atoms. The van der Waals surface area contributed by atoms with E-state index >= 15 is 0 Å². The highest BCUT2D eigenvalue weighted by Crippen LogP contribution is 2.65. The Balaban J connectivity index is 1.27. The lowest BCUT2D eigenvalue weighted by Gasteiger charge is -2.64. The number of nitrogens with zero attached hydrogens (tertiary/aromatic N) is 2. The summed E-state index contributed by atoms with van der Waals surface area (Å²) in [7, 11) is 0. The highest BCUT2D eigenvalue weighted by Gasteiger charge is 2.73. The molecule has 240 valence electrons. The summed E-state index contributed by atoms with van der Waals surface area (Å²) in [6.45, 7) is 5.62. The fraction of sp³-hybridized carbons (Fsp3) is 0.378. The monoisotopic (exact) mass is 630 g/mol. The van der Waals surface area contributed by atoms with Crippen LogP contribution in [0.2, 0.25) is 0 Å². The van der Waals surface area contributed by atoms with Crippen molar-refractivity contribution in [1.82, 2.24) is 9.80 Å². The molecular weight excluding hydrogens is 593 g/mol. The van der Waals surface area contributed by atoms with E-state index in [1.54, 1.807) is 11.0 Å². The topological polar surface area (TPSA) is 73.2 Å². The van der Waals surface area contributed by atoms with Gasteiger partial charge in [-0.3, -0.25) is 9.69 Å². The smallest absolute Gasteiger partial charge is 0.416 e. The Morgan fingerprint density at radius 1 is 1.11 bits per heavy atom. The standard InChI is InChI=1S/C37H37F3N2O4/c1-2-19-41-21-18-35-32-26-12-13-29(43)33(32)46-34(35)28(15-17-36(35,45)30(41)23-26)42(20-16-24-7-4-3-5-8-24)31(44)14-11-25-9-6-10-27(22-25)37(38,39)40/h2-14,22,28,30,34,43,45H,1,15-21,23H2/b14-11+/t28?,30-,34?,35+,36-/m1/s1. The third-order valence-corrected chi connectivity index (χ3v) is 10.7. The third-order valence-electron chi connectivity index (χ3n) is 10.7. The van der Waals surface area contributed by atoms with Crippen LogP contribution in [0.4, 0.5) is 13.2 Å². The number of halogens is 3. The van der Waals surface area contributed by atoms with E-state index in [9.17, 15) is 28.2 Å². The lowest BCUT2D eigenvalue weighted by atomic mass is 9.48. The number of phenolic OH excluding ortho intramolecular Hbond substituents is 1. The summed E-state index contributed by atoms with van der Waals surface area (Å²) in [6.07, 6.45) is 2.14. The van der Waals surface area contributed by atoms with Crippen LogP contribution in [0.5, 0.6) is 11.5 Å². The second-order valence-electron chi connectivity index (χ2n) is 13.0. The zero-order valence-electron chi connectivity index (χ0n) is 25.4. The molecule has 3 aromatic rings. The lowest BCUT2D eigenvalue weighted by molar-refractivity contribution is -0.199. The molecule has 3 aromatic carbocycles. The van der Waals surface area contributed by atoms with Crippen LogP contribution in [0.3, 0.4) is 0 Å². The van der Waals surface area contributed by atoms with Gasteiger partial charge in [-0.2, -0.15) is 13.2 Å². The molecule has 2 unspecified atom stereocenters. The van der Waals surface area contributed by atoms with E-state index in [0.29, 0.717) is 57.5 Å². The van der Waals surface area contributed by atoms with Gasteiger partial charge in [0, 0.05) is 30.8 Å². The molecule has 7 rings (SSSR count). The number of hydrogen-bond acceptors (Lipinski definition) is 5. The highest BCUT2D eigenvalue weighted by molar-refractivity contribution is 5.92. The Morgan fingerprint density at radius 3 is 2.67 bits per heavy atom. The maximum Gasteiger partial charge on any atom is 0.416 e. The van der Waals surface area contributed by atoms with Gasteiger partial charge in [-0.1, -0.05) is 54.6 Å². The van der Waals surface area contributed by atoms with Crippen LogP contribution in [-0.4, -0.2) is 69.3 Å². The minimum absolute atomic E-state index is 0.0159. The first-order valence-electron chi connectivity index (χ1n) is 15.9. The van der Waals surface area contributed by atoms with Gasteiger partial charge in [0.25, 0.3) is 0 Å². The Bertz CT molecular complexity index is 1690. The Labute approximate surface area is 266 Å². The molecule has 2 heterocycles. The van der Waals surface area contributed by atoms with E-state index in [1.807, 2.05) is 42.5 Å². The van der Waals surface area contributed by atoms with Gasteiger partial charge in [-0.05, 0) is 79.6 Å². The van der Waals surface area contributed by atoms with Crippen molar-refractivity contribution >= 4 is 12.0 Å². The van der Waals surface area contributed by atoms with Crippen molar-refractivity contribution in [2.75, 3.05) is 19.6 Å². The van der Waals surface area contributed by atoms with Crippen molar-refractivity contribution in [3.05, 3.63) is 113 Å². The maximum atomic E-state index is 14.1. The first kappa shape index (κ1) is 30.6. The molecular formula is C37H37F3N2O4. The molecule has 6 nitrogen and oxygen atoms in total. The van der Waals surface area contributed by atoms with Gasteiger partial charge in [0.1, 0.15) is 6.10 Å². The number of aromatic hydroxyl groups is 1. The van der Waals surface area contributed by atoms with Crippen LogP contribution < -0.4 is 4.74 Å². The van der Waals surface area contributed by atoms with Gasteiger partial charge in [-0.25, -0.2) is 0 Å². The molecule has 0 aromatic heterocycles. The van der Waals surface area contributed by atoms with Gasteiger partial charge >= 0.3 is 6.18 Å². The summed E-state index contributed by atoms with van der Waals surface area (Å²) in [6, 6.07) is 17.6. The number of hydrogen-bond donors (Lipinski definition) is 2. The minimum Gasteiger partial charge on any atom is -0.504 e. The number of rotatable bonds is 8. The van der Waals surface area contributed by atoms with E-state index in [2.05, 4.69) is 11.5 Å². The summed E-state index contributed by atoms with van der Waals surface area (Å²) < 4.78 is 46.8. The highest BCUT2D eigenvalue weighted by atomic mass is 19.4. The van der Waals surface area contributed by atoms with Gasteiger partial charge in [0.05, 0.1) is 22.6 Å². The number of carbonyl (C=O) groups excluding carboxylic acids is 1. The molecule has 5 atom stereocenters. The predicted molar refractivity (Wildman–Crippen MR) is 168 cm³/mol. The van der Waals surface area contributed by atoms with Gasteiger partial charge in [-0.15, -0.1) is 6.58 Å². The average molecular weight is 631 g/mol. The second-order valence-corrected chi connectivity index (χ2v) is 13.0. The molecule has 1 spiro atoms. The number of piperidine rings is 1. The quantitative estimate of drug-likeness (QED) is 0.240. The molecule has 9 heteroatoms. The van der Waals surface area contributed by atoms with Crippen molar-refractivity contribution < 1.29 is 32.9 Å².